The monoisotopic (exact) mass is 216 g/mol. The predicted molar refractivity (Wildman–Crippen MR) is 63.8 cm³/mol. The van der Waals surface area contributed by atoms with Gasteiger partial charge >= 0.3 is 0 Å². The Kier molecular flexibility index (Phi) is 4.01. The SMILES string of the molecule is CC(C)(C)CN=C(NC#N)c1ccccn1. The molecule has 0 aliphatic carbocycles. The quantitative estimate of drug-likeness (QED) is 0.356. The molecule has 4 nitrogen and oxygen atoms in total. The number of hydrogen-bond acceptors (Lipinski definition) is 3. The van der Waals surface area contributed by atoms with Gasteiger partial charge in [0.1, 0.15) is 5.69 Å². The number of nitrogens with one attached hydrogen (secondary N) is 1. The van der Waals surface area contributed by atoms with Gasteiger partial charge < -0.3 is 0 Å². The van der Waals surface area contributed by atoms with Crippen LogP contribution in [0.2, 0.25) is 0 Å². The van der Waals surface area contributed by atoms with Crippen molar-refractivity contribution in [1.29, 1.82) is 5.26 Å². The second-order valence-electron chi connectivity index (χ2n) is 4.68. The van der Waals surface area contributed by atoms with Gasteiger partial charge in [-0.3, -0.25) is 15.3 Å². The predicted octanol–water partition coefficient (Wildman–Crippen LogP) is 1.94. The molecule has 84 valence electrons. The lowest BCUT2D eigenvalue weighted by molar-refractivity contribution is 0.429. The number of hydrogen-bond donors (Lipinski definition) is 1. The Bertz CT molecular complexity index is 395. The van der Waals surface area contributed by atoms with Crippen LogP contribution in [0.5, 0.6) is 0 Å². The summed E-state index contributed by atoms with van der Waals surface area (Å²) in [4.78, 5) is 8.53. The Morgan fingerprint density at radius 1 is 1.50 bits per heavy atom. The number of aromatic nitrogens is 1. The highest BCUT2D eigenvalue weighted by Gasteiger charge is 2.10. The standard InChI is InChI=1S/C12H16N4/c1-12(2,3)8-15-11(16-9-13)10-6-4-5-7-14-10/h4-7H,8H2,1-3H3,(H,15,16). The van der Waals surface area contributed by atoms with Gasteiger partial charge in [-0.2, -0.15) is 5.26 Å². The molecule has 16 heavy (non-hydrogen) atoms. The van der Waals surface area contributed by atoms with Gasteiger partial charge in [0.25, 0.3) is 0 Å². The molecule has 0 saturated heterocycles. The third-order valence-electron chi connectivity index (χ3n) is 1.79. The number of nitrogens with zero attached hydrogens (tertiary/aromatic N) is 3. The van der Waals surface area contributed by atoms with Crippen molar-refractivity contribution < 1.29 is 0 Å². The lowest BCUT2D eigenvalue weighted by Crippen LogP contribution is -2.23. The summed E-state index contributed by atoms with van der Waals surface area (Å²) < 4.78 is 0. The van der Waals surface area contributed by atoms with Crippen LogP contribution in [0.3, 0.4) is 0 Å². The highest BCUT2D eigenvalue weighted by atomic mass is 15.0. The molecular weight excluding hydrogens is 200 g/mol. The summed E-state index contributed by atoms with van der Waals surface area (Å²) in [6, 6.07) is 5.52. The summed E-state index contributed by atoms with van der Waals surface area (Å²) in [7, 11) is 0. The van der Waals surface area contributed by atoms with Crippen molar-refractivity contribution in [2.45, 2.75) is 20.8 Å². The molecule has 0 saturated carbocycles. The molecule has 0 unspecified atom stereocenters. The van der Waals surface area contributed by atoms with Crippen LogP contribution >= 0.6 is 0 Å². The summed E-state index contributed by atoms with van der Waals surface area (Å²) in [5.74, 6) is 0.526. The maximum absolute atomic E-state index is 8.66. The second kappa shape index (κ2) is 5.26. The van der Waals surface area contributed by atoms with Crippen LogP contribution in [0.4, 0.5) is 0 Å². The normalized spacial score (nSPS) is 12.0. The minimum atomic E-state index is 0.0944. The van der Waals surface area contributed by atoms with Crippen LogP contribution < -0.4 is 5.32 Å². The molecule has 0 bridgehead atoms. The molecule has 1 aromatic heterocycles. The maximum atomic E-state index is 8.66. The molecular formula is C12H16N4. The van der Waals surface area contributed by atoms with Crippen molar-refractivity contribution in [3.05, 3.63) is 30.1 Å². The van der Waals surface area contributed by atoms with E-state index in [9.17, 15) is 0 Å². The van der Waals surface area contributed by atoms with Gasteiger partial charge in [0.05, 0.1) is 0 Å². The Hall–Kier alpha value is -1.89. The minimum absolute atomic E-state index is 0.0944. The van der Waals surface area contributed by atoms with E-state index in [1.807, 2.05) is 24.4 Å². The van der Waals surface area contributed by atoms with E-state index in [-0.39, 0.29) is 5.41 Å². The van der Waals surface area contributed by atoms with E-state index in [1.54, 1.807) is 6.20 Å². The summed E-state index contributed by atoms with van der Waals surface area (Å²) in [5.41, 5.74) is 0.783. The molecule has 0 atom stereocenters. The zero-order valence-corrected chi connectivity index (χ0v) is 9.86. The van der Waals surface area contributed by atoms with Crippen LogP contribution in [-0.4, -0.2) is 17.4 Å². The van der Waals surface area contributed by atoms with Crippen LogP contribution in [0.25, 0.3) is 0 Å². The zero-order chi connectivity index (χ0) is 12.0. The lowest BCUT2D eigenvalue weighted by Gasteiger charge is -2.15. The molecule has 0 aliphatic heterocycles. The van der Waals surface area contributed by atoms with Crippen molar-refractivity contribution in [2.24, 2.45) is 10.4 Å². The number of amidine groups is 1. The number of nitriles is 1. The van der Waals surface area contributed by atoms with E-state index in [1.165, 1.54) is 0 Å². The molecule has 0 aromatic carbocycles. The fraction of sp³-hybridized carbons (Fsp3) is 0.417. The van der Waals surface area contributed by atoms with Crippen molar-refractivity contribution >= 4 is 5.84 Å². The number of aliphatic imine (C=N–C) groups is 1. The Morgan fingerprint density at radius 2 is 2.25 bits per heavy atom. The van der Waals surface area contributed by atoms with Gasteiger partial charge in [-0.05, 0) is 17.5 Å². The van der Waals surface area contributed by atoms with E-state index in [4.69, 9.17) is 5.26 Å². The van der Waals surface area contributed by atoms with E-state index >= 15 is 0 Å². The Balaban J connectivity index is 2.88. The van der Waals surface area contributed by atoms with Crippen LogP contribution in [0.1, 0.15) is 26.5 Å². The molecule has 0 spiro atoms. The topological polar surface area (TPSA) is 61.1 Å². The summed E-state index contributed by atoms with van der Waals surface area (Å²) in [6.07, 6.45) is 3.56. The fourth-order valence-electron chi connectivity index (χ4n) is 1.06. The summed E-state index contributed by atoms with van der Waals surface area (Å²) in [5, 5.41) is 11.2. The van der Waals surface area contributed by atoms with Crippen molar-refractivity contribution in [1.82, 2.24) is 10.3 Å². The first-order valence-corrected chi connectivity index (χ1v) is 5.14. The molecule has 0 radical (unpaired) electrons. The first kappa shape index (κ1) is 12.2. The molecule has 1 heterocycles. The van der Waals surface area contributed by atoms with E-state index in [2.05, 4.69) is 36.1 Å². The van der Waals surface area contributed by atoms with Gasteiger partial charge in [-0.15, -0.1) is 0 Å². The molecule has 1 rings (SSSR count). The third-order valence-corrected chi connectivity index (χ3v) is 1.79. The Morgan fingerprint density at radius 3 is 2.75 bits per heavy atom. The van der Waals surface area contributed by atoms with Gasteiger partial charge in [-0.1, -0.05) is 26.8 Å². The molecule has 0 aliphatic rings. The first-order chi connectivity index (χ1) is 7.53. The molecule has 0 amide bonds. The number of rotatable bonds is 2. The average molecular weight is 216 g/mol. The molecule has 4 heteroatoms. The fourth-order valence-corrected chi connectivity index (χ4v) is 1.06. The third kappa shape index (κ3) is 4.09. The van der Waals surface area contributed by atoms with Gasteiger partial charge in [0.15, 0.2) is 12.0 Å². The first-order valence-electron chi connectivity index (χ1n) is 5.14. The second-order valence-corrected chi connectivity index (χ2v) is 4.68. The highest BCUT2D eigenvalue weighted by Crippen LogP contribution is 2.13. The molecule has 0 fully saturated rings. The zero-order valence-electron chi connectivity index (χ0n) is 9.86. The van der Waals surface area contributed by atoms with Crippen molar-refractivity contribution in [3.8, 4) is 6.19 Å². The van der Waals surface area contributed by atoms with Crippen LogP contribution in [0.15, 0.2) is 29.4 Å². The smallest absolute Gasteiger partial charge is 0.182 e. The van der Waals surface area contributed by atoms with E-state index in [0.29, 0.717) is 18.1 Å². The largest absolute Gasteiger partial charge is 0.275 e. The van der Waals surface area contributed by atoms with Gasteiger partial charge in [-0.25, -0.2) is 0 Å². The molecule has 1 N–H and O–H groups in total. The van der Waals surface area contributed by atoms with E-state index < -0.39 is 0 Å². The minimum Gasteiger partial charge on any atom is -0.275 e. The van der Waals surface area contributed by atoms with Gasteiger partial charge in [0, 0.05) is 12.7 Å². The molecule has 1 aromatic rings. The van der Waals surface area contributed by atoms with Crippen molar-refractivity contribution in [3.63, 3.8) is 0 Å². The average Bonchev–Trinajstić information content (AvgIpc) is 2.24. The summed E-state index contributed by atoms with van der Waals surface area (Å²) >= 11 is 0. The lowest BCUT2D eigenvalue weighted by atomic mass is 9.97. The van der Waals surface area contributed by atoms with Gasteiger partial charge in [0.2, 0.25) is 0 Å². The maximum Gasteiger partial charge on any atom is 0.182 e. The number of pyridine rings is 1. The van der Waals surface area contributed by atoms with Crippen LogP contribution in [0, 0.1) is 16.9 Å². The summed E-state index contributed by atoms with van der Waals surface area (Å²) in [6.45, 7) is 6.93. The van der Waals surface area contributed by atoms with Crippen molar-refractivity contribution in [2.75, 3.05) is 6.54 Å². The Labute approximate surface area is 96.0 Å². The van der Waals surface area contributed by atoms with Crippen LogP contribution in [-0.2, 0) is 0 Å². The van der Waals surface area contributed by atoms with E-state index in [0.717, 1.165) is 0 Å². The highest BCUT2D eigenvalue weighted by molar-refractivity contribution is 5.97.